The number of para-hydroxylation sites is 1. The number of aryl methyl sites for hydroxylation is 1. The molecule has 3 N–H and O–H groups in total. The number of ether oxygens (including phenoxy) is 1. The highest BCUT2D eigenvalue weighted by atomic mass is 32.2. The molecule has 27 heavy (non-hydrogen) atoms. The van der Waals surface area contributed by atoms with Crippen LogP contribution < -0.4 is 15.9 Å². The quantitative estimate of drug-likeness (QED) is 0.478. The van der Waals surface area contributed by atoms with Crippen LogP contribution in [0.15, 0.2) is 53.7 Å². The third kappa shape index (κ3) is 4.98. The van der Waals surface area contributed by atoms with Gasteiger partial charge in [0.05, 0.1) is 5.75 Å². The molecule has 1 heterocycles. The topological polar surface area (TPSA) is 95.1 Å². The van der Waals surface area contributed by atoms with E-state index in [9.17, 15) is 9.18 Å². The zero-order chi connectivity index (χ0) is 19.2. The van der Waals surface area contributed by atoms with Crippen molar-refractivity contribution in [3.05, 3.63) is 65.7 Å². The average molecular weight is 387 g/mol. The molecule has 0 atom stereocenters. The van der Waals surface area contributed by atoms with Gasteiger partial charge >= 0.3 is 0 Å². The van der Waals surface area contributed by atoms with Gasteiger partial charge in [-0.3, -0.25) is 4.79 Å². The highest BCUT2D eigenvalue weighted by molar-refractivity contribution is 7.99. The number of aromatic nitrogens is 3. The number of hydrogen-bond donors (Lipinski definition) is 2. The molecule has 0 aliphatic rings. The minimum atomic E-state index is -0.469. The highest BCUT2D eigenvalue weighted by Crippen LogP contribution is 2.19. The lowest BCUT2D eigenvalue weighted by Crippen LogP contribution is -2.18. The Morgan fingerprint density at radius 2 is 2.07 bits per heavy atom. The van der Waals surface area contributed by atoms with Gasteiger partial charge in [0.2, 0.25) is 11.1 Å². The Kier molecular flexibility index (Phi) is 5.92. The maximum atomic E-state index is 13.6. The normalized spacial score (nSPS) is 10.6. The van der Waals surface area contributed by atoms with Crippen molar-refractivity contribution in [3.63, 3.8) is 0 Å². The van der Waals surface area contributed by atoms with Crippen LogP contribution >= 0.6 is 11.8 Å². The van der Waals surface area contributed by atoms with Crippen molar-refractivity contribution in [2.24, 2.45) is 0 Å². The molecule has 0 radical (unpaired) electrons. The van der Waals surface area contributed by atoms with Gasteiger partial charge in [-0.25, -0.2) is 9.07 Å². The third-order valence-electron chi connectivity index (χ3n) is 3.56. The molecule has 3 aromatic rings. The summed E-state index contributed by atoms with van der Waals surface area (Å²) in [4.78, 5) is 12.1. The fourth-order valence-corrected chi connectivity index (χ4v) is 2.93. The number of hydrogen-bond acceptors (Lipinski definition) is 6. The molecule has 0 bridgehead atoms. The Bertz CT molecular complexity index is 947. The van der Waals surface area contributed by atoms with Crippen LogP contribution in [-0.4, -0.2) is 26.5 Å². The molecule has 0 fully saturated rings. The lowest BCUT2D eigenvalue weighted by molar-refractivity contribution is -0.113. The summed E-state index contributed by atoms with van der Waals surface area (Å²) in [6, 6.07) is 13.6. The number of nitrogens with one attached hydrogen (secondary N) is 1. The second-order valence-corrected chi connectivity index (χ2v) is 6.64. The summed E-state index contributed by atoms with van der Waals surface area (Å²) in [5.41, 5.74) is 1.79. The number of rotatable bonds is 7. The molecular weight excluding hydrogens is 369 g/mol. The summed E-state index contributed by atoms with van der Waals surface area (Å²) in [6.45, 7) is 1.91. The third-order valence-corrected chi connectivity index (χ3v) is 4.51. The molecule has 3 rings (SSSR count). The first-order valence-corrected chi connectivity index (χ1v) is 9.07. The highest BCUT2D eigenvalue weighted by Gasteiger charge is 2.13. The first-order chi connectivity index (χ1) is 13.0. The van der Waals surface area contributed by atoms with E-state index >= 15 is 0 Å². The average Bonchev–Trinajstić information content (AvgIpc) is 2.99. The lowest BCUT2D eigenvalue weighted by atomic mass is 10.2. The lowest BCUT2D eigenvalue weighted by Gasteiger charge is -2.07. The van der Waals surface area contributed by atoms with E-state index < -0.39 is 5.82 Å². The van der Waals surface area contributed by atoms with Crippen molar-refractivity contribution in [3.8, 4) is 5.75 Å². The van der Waals surface area contributed by atoms with Crippen LogP contribution in [0.5, 0.6) is 5.75 Å². The minimum absolute atomic E-state index is 0.0412. The van der Waals surface area contributed by atoms with E-state index in [1.807, 2.05) is 31.2 Å². The molecule has 0 unspecified atom stereocenters. The number of carbonyl (C=O) groups excluding carboxylic acids is 1. The first kappa shape index (κ1) is 18.7. The van der Waals surface area contributed by atoms with E-state index in [1.165, 1.54) is 16.8 Å². The van der Waals surface area contributed by atoms with Gasteiger partial charge in [0.25, 0.3) is 0 Å². The number of nitrogens with zero attached hydrogens (tertiary/aromatic N) is 3. The molecule has 1 aromatic heterocycles. The van der Waals surface area contributed by atoms with Crippen molar-refractivity contribution in [2.75, 3.05) is 16.9 Å². The molecule has 7 nitrogen and oxygen atoms in total. The van der Waals surface area contributed by atoms with E-state index in [0.717, 1.165) is 23.0 Å². The zero-order valence-corrected chi connectivity index (χ0v) is 15.4. The summed E-state index contributed by atoms with van der Waals surface area (Å²) >= 11 is 1.15. The number of benzene rings is 2. The van der Waals surface area contributed by atoms with Crippen LogP contribution in [-0.2, 0) is 11.4 Å². The van der Waals surface area contributed by atoms with Gasteiger partial charge < -0.3 is 15.9 Å². The molecular formula is C18H18FN5O2S. The summed E-state index contributed by atoms with van der Waals surface area (Å²) in [5.74, 6) is 5.82. The summed E-state index contributed by atoms with van der Waals surface area (Å²) in [6.07, 6.45) is 0. The molecule has 1 amide bonds. The van der Waals surface area contributed by atoms with Crippen LogP contribution in [0.4, 0.5) is 10.1 Å². The van der Waals surface area contributed by atoms with Gasteiger partial charge in [0, 0.05) is 5.69 Å². The van der Waals surface area contributed by atoms with Crippen molar-refractivity contribution in [2.45, 2.75) is 18.7 Å². The second-order valence-electron chi connectivity index (χ2n) is 5.69. The van der Waals surface area contributed by atoms with E-state index in [-0.39, 0.29) is 24.0 Å². The fraction of sp³-hybridized carbons (Fsp3) is 0.167. The monoisotopic (exact) mass is 387 g/mol. The predicted octanol–water partition coefficient (Wildman–Crippen LogP) is 2.75. The van der Waals surface area contributed by atoms with E-state index in [1.54, 1.807) is 12.1 Å². The van der Waals surface area contributed by atoms with Crippen molar-refractivity contribution in [1.82, 2.24) is 14.9 Å². The van der Waals surface area contributed by atoms with Gasteiger partial charge in [0.1, 0.15) is 6.61 Å². The molecule has 2 aromatic carbocycles. The first-order valence-electron chi connectivity index (χ1n) is 8.09. The van der Waals surface area contributed by atoms with Crippen LogP contribution in [0.25, 0.3) is 0 Å². The number of halogens is 1. The number of thioether (sulfide) groups is 1. The van der Waals surface area contributed by atoms with Crippen LogP contribution in [0.2, 0.25) is 0 Å². The second kappa shape index (κ2) is 8.54. The van der Waals surface area contributed by atoms with Crippen LogP contribution in [0.1, 0.15) is 11.4 Å². The Hall–Kier alpha value is -3.07. The SMILES string of the molecule is Cc1cccc(NC(=O)CSc2nnc(COc3ccccc3F)n2N)c1. The maximum absolute atomic E-state index is 13.6. The fourth-order valence-electron chi connectivity index (χ4n) is 2.26. The number of nitrogen functional groups attached to an aromatic ring is 1. The molecule has 9 heteroatoms. The van der Waals surface area contributed by atoms with E-state index in [2.05, 4.69) is 15.5 Å². The van der Waals surface area contributed by atoms with Crippen LogP contribution in [0, 0.1) is 12.7 Å². The Morgan fingerprint density at radius 3 is 2.85 bits per heavy atom. The predicted molar refractivity (Wildman–Crippen MR) is 101 cm³/mol. The van der Waals surface area contributed by atoms with Gasteiger partial charge in [0.15, 0.2) is 17.4 Å². The van der Waals surface area contributed by atoms with E-state index in [4.69, 9.17) is 10.6 Å². The molecule has 0 spiro atoms. The molecule has 0 saturated carbocycles. The van der Waals surface area contributed by atoms with Crippen molar-refractivity contribution in [1.29, 1.82) is 0 Å². The number of carbonyl (C=O) groups is 1. The van der Waals surface area contributed by atoms with Gasteiger partial charge in [-0.15, -0.1) is 10.2 Å². The van der Waals surface area contributed by atoms with E-state index in [0.29, 0.717) is 11.0 Å². The smallest absolute Gasteiger partial charge is 0.234 e. The summed E-state index contributed by atoms with van der Waals surface area (Å²) in [5, 5.41) is 11.0. The zero-order valence-electron chi connectivity index (χ0n) is 14.6. The van der Waals surface area contributed by atoms with Gasteiger partial charge in [-0.1, -0.05) is 36.0 Å². The largest absolute Gasteiger partial charge is 0.482 e. The molecule has 140 valence electrons. The van der Waals surface area contributed by atoms with Gasteiger partial charge in [-0.2, -0.15) is 0 Å². The van der Waals surface area contributed by atoms with Crippen molar-refractivity contribution < 1.29 is 13.9 Å². The van der Waals surface area contributed by atoms with Gasteiger partial charge in [-0.05, 0) is 36.8 Å². The maximum Gasteiger partial charge on any atom is 0.234 e. The summed E-state index contributed by atoms with van der Waals surface area (Å²) < 4.78 is 20.2. The Labute approximate surface area is 159 Å². The minimum Gasteiger partial charge on any atom is -0.482 e. The summed E-state index contributed by atoms with van der Waals surface area (Å²) in [7, 11) is 0. The number of nitrogens with two attached hydrogens (primary N) is 1. The number of anilines is 1. The number of amides is 1. The Morgan fingerprint density at radius 1 is 1.26 bits per heavy atom. The van der Waals surface area contributed by atoms with Crippen molar-refractivity contribution >= 4 is 23.4 Å². The molecule has 0 aliphatic carbocycles. The molecule has 0 aliphatic heterocycles. The standard InChI is InChI=1S/C18H18FN5O2S/c1-12-5-4-6-13(9-12)21-17(25)11-27-18-23-22-16(24(18)20)10-26-15-8-3-2-7-14(15)19/h2-9H,10-11,20H2,1H3,(H,21,25). The Balaban J connectivity index is 1.54. The molecule has 0 saturated heterocycles. The van der Waals surface area contributed by atoms with Crippen LogP contribution in [0.3, 0.4) is 0 Å².